The van der Waals surface area contributed by atoms with Crippen LogP contribution in [0.4, 0.5) is 0 Å². The van der Waals surface area contributed by atoms with Gasteiger partial charge in [-0.1, -0.05) is 44.9 Å². The molecule has 22 heavy (non-hydrogen) atoms. The van der Waals surface area contributed by atoms with Crippen LogP contribution in [0.3, 0.4) is 0 Å². The van der Waals surface area contributed by atoms with Crippen molar-refractivity contribution in [2.75, 3.05) is 6.61 Å². The molecule has 0 amide bonds. The van der Waals surface area contributed by atoms with Crippen LogP contribution in [0, 0.1) is 17.8 Å². The van der Waals surface area contributed by atoms with Crippen molar-refractivity contribution in [2.24, 2.45) is 10.8 Å². The molecule has 122 valence electrons. The largest absolute Gasteiger partial charge is 0.298 e. The van der Waals surface area contributed by atoms with Crippen LogP contribution in [-0.4, -0.2) is 20.8 Å². The Hall–Kier alpha value is -1.20. The molecule has 1 fully saturated rings. The van der Waals surface area contributed by atoms with E-state index < -0.39 is 20.9 Å². The lowest BCUT2D eigenvalue weighted by atomic mass is 9.64. The normalized spacial score (nSPS) is 25.2. The fraction of sp³-hybridized carbons (Fsp3) is 0.588. The van der Waals surface area contributed by atoms with Gasteiger partial charge in [0, 0.05) is 5.41 Å². The average molecular weight is 324 g/mol. The van der Waals surface area contributed by atoms with E-state index in [4.69, 9.17) is 4.18 Å². The molecule has 1 saturated carbocycles. The van der Waals surface area contributed by atoms with Gasteiger partial charge in [-0.05, 0) is 31.9 Å². The molecular formula is C17H24O4S. The molecule has 1 unspecified atom stereocenters. The van der Waals surface area contributed by atoms with E-state index in [1.165, 1.54) is 12.1 Å². The van der Waals surface area contributed by atoms with Crippen LogP contribution in [-0.2, 0) is 19.1 Å². The quantitative estimate of drug-likeness (QED) is 0.796. The number of ketones is 1. The number of hydrogen-bond acceptors (Lipinski definition) is 4. The number of carbonyl (C=O) groups excluding carboxylic acids is 1. The molecule has 0 N–H and O–H groups in total. The van der Waals surface area contributed by atoms with E-state index in [2.05, 4.69) is 0 Å². The average Bonchev–Trinajstić information content (AvgIpc) is 2.43. The minimum Gasteiger partial charge on any atom is -0.298 e. The Kier molecular flexibility index (Phi) is 4.51. The van der Waals surface area contributed by atoms with Gasteiger partial charge in [0.15, 0.2) is 0 Å². The fourth-order valence-corrected chi connectivity index (χ4v) is 4.10. The van der Waals surface area contributed by atoms with Crippen molar-refractivity contribution < 1.29 is 17.4 Å². The highest BCUT2D eigenvalue weighted by Crippen LogP contribution is 2.43. The molecule has 4 nitrogen and oxygen atoms in total. The van der Waals surface area contributed by atoms with E-state index >= 15 is 0 Å². The second kappa shape index (κ2) is 5.78. The second-order valence-corrected chi connectivity index (χ2v) is 8.77. The third-order valence-corrected chi connectivity index (χ3v) is 5.81. The van der Waals surface area contributed by atoms with Gasteiger partial charge < -0.3 is 0 Å². The van der Waals surface area contributed by atoms with Gasteiger partial charge in [-0.15, -0.1) is 0 Å². The number of Topliss-reactive ketones (excluding diaryl/α,β-unsaturated/α-hetero) is 1. The Morgan fingerprint density at radius 1 is 1.09 bits per heavy atom. The molecule has 0 heterocycles. The zero-order chi connectivity index (χ0) is 16.6. The van der Waals surface area contributed by atoms with Crippen LogP contribution < -0.4 is 0 Å². The maximum Gasteiger partial charge on any atom is 0.297 e. The van der Waals surface area contributed by atoms with Gasteiger partial charge in [-0.3, -0.25) is 8.98 Å². The molecule has 1 aromatic rings. The zero-order valence-corrected chi connectivity index (χ0v) is 14.5. The molecule has 0 bridgehead atoms. The van der Waals surface area contributed by atoms with Gasteiger partial charge in [0.1, 0.15) is 5.78 Å². The number of carbonyl (C=O) groups is 1. The number of benzene rings is 1. The molecule has 5 heteroatoms. The summed E-state index contributed by atoms with van der Waals surface area (Å²) in [7, 11) is -3.83. The van der Waals surface area contributed by atoms with Crippen LogP contribution in [0.5, 0.6) is 0 Å². The number of aryl methyl sites for hydroxylation is 1. The second-order valence-electron chi connectivity index (χ2n) is 7.16. The van der Waals surface area contributed by atoms with E-state index in [0.29, 0.717) is 6.42 Å². The number of rotatable bonds is 4. The number of hydrogen-bond donors (Lipinski definition) is 0. The molecule has 1 aromatic carbocycles. The van der Waals surface area contributed by atoms with E-state index in [0.717, 1.165) is 18.4 Å². The summed E-state index contributed by atoms with van der Waals surface area (Å²) in [6.45, 7) is 7.44. The Labute approximate surface area is 133 Å². The highest BCUT2D eigenvalue weighted by Gasteiger charge is 2.46. The lowest BCUT2D eigenvalue weighted by Gasteiger charge is -2.40. The van der Waals surface area contributed by atoms with Crippen molar-refractivity contribution in [3.05, 3.63) is 29.8 Å². The van der Waals surface area contributed by atoms with E-state index in [9.17, 15) is 13.2 Å². The van der Waals surface area contributed by atoms with Crippen LogP contribution in [0.2, 0.25) is 0 Å². The fourth-order valence-electron chi connectivity index (χ4n) is 3.08. The Balaban J connectivity index is 2.14. The maximum absolute atomic E-state index is 12.6. The van der Waals surface area contributed by atoms with Crippen LogP contribution in [0.25, 0.3) is 0 Å². The van der Waals surface area contributed by atoms with Crippen molar-refractivity contribution >= 4 is 15.9 Å². The Bertz CT molecular complexity index is 658. The van der Waals surface area contributed by atoms with Gasteiger partial charge in [0.2, 0.25) is 0 Å². The summed E-state index contributed by atoms with van der Waals surface area (Å²) >= 11 is 0. The maximum atomic E-state index is 12.6. The van der Waals surface area contributed by atoms with E-state index in [1.807, 2.05) is 20.8 Å². The van der Waals surface area contributed by atoms with Crippen LogP contribution >= 0.6 is 0 Å². The molecular weight excluding hydrogens is 300 g/mol. The third kappa shape index (κ3) is 3.41. The van der Waals surface area contributed by atoms with Gasteiger partial charge in [-0.2, -0.15) is 8.42 Å². The summed E-state index contributed by atoms with van der Waals surface area (Å²) in [5, 5.41) is 0. The zero-order valence-electron chi connectivity index (χ0n) is 13.7. The van der Waals surface area contributed by atoms with Gasteiger partial charge in [0.05, 0.1) is 16.9 Å². The summed E-state index contributed by atoms with van der Waals surface area (Å²) in [6.07, 6.45) is 2.41. The molecule has 2 rings (SSSR count). The van der Waals surface area contributed by atoms with Gasteiger partial charge in [0.25, 0.3) is 10.1 Å². The standard InChI is InChI=1S/C17H24O4S/c1-13-6-8-14(9-7-13)22(19,20)21-12-17(4)11-5-10-16(2,3)15(17)18/h6-9H,5,10-12H2,1-4H3. The monoisotopic (exact) mass is 324 g/mol. The lowest BCUT2D eigenvalue weighted by molar-refractivity contribution is -0.142. The van der Waals surface area contributed by atoms with Crippen LogP contribution in [0.15, 0.2) is 29.2 Å². The molecule has 1 aliphatic rings. The van der Waals surface area contributed by atoms with Crippen molar-refractivity contribution in [1.29, 1.82) is 0 Å². The minimum absolute atomic E-state index is 0.0883. The molecule has 1 atom stereocenters. The molecule has 0 saturated heterocycles. The molecule has 0 aromatic heterocycles. The highest BCUT2D eigenvalue weighted by atomic mass is 32.2. The summed E-state index contributed by atoms with van der Waals surface area (Å²) in [5.41, 5.74) is -0.168. The first kappa shape index (κ1) is 17.2. The lowest BCUT2D eigenvalue weighted by Crippen LogP contribution is -2.45. The summed E-state index contributed by atoms with van der Waals surface area (Å²) in [6, 6.07) is 6.51. The smallest absolute Gasteiger partial charge is 0.297 e. The van der Waals surface area contributed by atoms with Crippen molar-refractivity contribution in [3.63, 3.8) is 0 Å². The van der Waals surface area contributed by atoms with Crippen molar-refractivity contribution in [1.82, 2.24) is 0 Å². The first-order valence-corrected chi connectivity index (χ1v) is 8.99. The van der Waals surface area contributed by atoms with Crippen LogP contribution in [0.1, 0.15) is 45.6 Å². The molecule has 0 spiro atoms. The summed E-state index contributed by atoms with van der Waals surface area (Å²) in [4.78, 5) is 12.7. The molecule has 0 radical (unpaired) electrons. The summed E-state index contributed by atoms with van der Waals surface area (Å²) in [5.74, 6) is 0.0883. The van der Waals surface area contributed by atoms with Gasteiger partial charge >= 0.3 is 0 Å². The molecule has 1 aliphatic carbocycles. The third-order valence-electron chi connectivity index (χ3n) is 4.54. The topological polar surface area (TPSA) is 60.4 Å². The SMILES string of the molecule is Cc1ccc(S(=O)(=O)OCC2(C)CCCC(C)(C)C2=O)cc1. The summed E-state index contributed by atoms with van der Waals surface area (Å²) < 4.78 is 29.7. The Morgan fingerprint density at radius 3 is 2.27 bits per heavy atom. The van der Waals surface area contributed by atoms with Crippen molar-refractivity contribution in [3.8, 4) is 0 Å². The highest BCUT2D eigenvalue weighted by molar-refractivity contribution is 7.86. The minimum atomic E-state index is -3.83. The Morgan fingerprint density at radius 2 is 1.68 bits per heavy atom. The predicted molar refractivity (Wildman–Crippen MR) is 85.1 cm³/mol. The van der Waals surface area contributed by atoms with E-state index in [1.54, 1.807) is 19.1 Å². The molecule has 0 aliphatic heterocycles. The first-order valence-electron chi connectivity index (χ1n) is 7.58. The van der Waals surface area contributed by atoms with Gasteiger partial charge in [-0.25, -0.2) is 0 Å². The van der Waals surface area contributed by atoms with Crippen molar-refractivity contribution in [2.45, 2.75) is 51.9 Å². The predicted octanol–water partition coefficient (Wildman–Crippen LogP) is 3.49. The first-order chi connectivity index (χ1) is 10.1. The van der Waals surface area contributed by atoms with E-state index in [-0.39, 0.29) is 17.3 Å².